The predicted molar refractivity (Wildman–Crippen MR) is 108 cm³/mol. The van der Waals surface area contributed by atoms with E-state index in [-0.39, 0.29) is 28.7 Å². The number of H-pyrrole nitrogens is 1. The van der Waals surface area contributed by atoms with Gasteiger partial charge in [-0.05, 0) is 16.0 Å². The highest BCUT2D eigenvalue weighted by molar-refractivity contribution is 5.76. The number of nitro benzene ring substituents is 2. The summed E-state index contributed by atoms with van der Waals surface area (Å²) in [4.78, 5) is 34.1. The highest BCUT2D eigenvalue weighted by Gasteiger charge is 2.35. The topological polar surface area (TPSA) is 188 Å². The standard InChI is InChI=1S/C18H11N9O5/c28-17-15-13(14(20-21-17)9-3-1-5-11(7-9)26(29)30)16(25-18(19-15)22-23-24-25)10-4-2-6-12(8-10)27(31)32/h1-8,16H,(H,21,28)(H,19,22,24)/t16-/m0/s1. The van der Waals surface area contributed by atoms with Crippen molar-refractivity contribution >= 4 is 23.0 Å². The number of hydrogen-bond donors (Lipinski definition) is 2. The van der Waals surface area contributed by atoms with Crippen molar-refractivity contribution in [3.8, 4) is 11.3 Å². The Morgan fingerprint density at radius 3 is 2.47 bits per heavy atom. The second-order valence-corrected chi connectivity index (χ2v) is 6.82. The third-order valence-electron chi connectivity index (χ3n) is 5.00. The highest BCUT2D eigenvalue weighted by Crippen LogP contribution is 2.41. The van der Waals surface area contributed by atoms with Crippen LogP contribution >= 0.6 is 0 Å². The third kappa shape index (κ3) is 2.94. The smallest absolute Gasteiger partial charge is 0.288 e. The SMILES string of the molecule is O=c1[nH]nc(-c2cccc([N+](=O)[O-])c2)c2c1Nc1nnnn1[C@H]2c1cccc([N+](=O)[O-])c1. The van der Waals surface area contributed by atoms with Crippen LogP contribution in [0.3, 0.4) is 0 Å². The number of benzene rings is 2. The molecule has 4 aromatic rings. The van der Waals surface area contributed by atoms with Crippen molar-refractivity contribution < 1.29 is 9.85 Å². The van der Waals surface area contributed by atoms with E-state index in [0.29, 0.717) is 16.7 Å². The molecular formula is C18H11N9O5. The lowest BCUT2D eigenvalue weighted by Crippen LogP contribution is -2.29. The Morgan fingerprint density at radius 2 is 1.72 bits per heavy atom. The van der Waals surface area contributed by atoms with Gasteiger partial charge >= 0.3 is 0 Å². The van der Waals surface area contributed by atoms with Crippen molar-refractivity contribution in [2.24, 2.45) is 0 Å². The van der Waals surface area contributed by atoms with E-state index in [1.165, 1.54) is 41.1 Å². The van der Waals surface area contributed by atoms with E-state index < -0.39 is 21.4 Å². The lowest BCUT2D eigenvalue weighted by molar-refractivity contribution is -0.385. The molecule has 2 aromatic carbocycles. The molecule has 2 N–H and O–H groups in total. The van der Waals surface area contributed by atoms with Crippen molar-refractivity contribution in [2.75, 3.05) is 5.32 Å². The molecule has 0 unspecified atom stereocenters. The summed E-state index contributed by atoms with van der Waals surface area (Å²) < 4.78 is 1.36. The zero-order valence-electron chi connectivity index (χ0n) is 15.9. The lowest BCUT2D eigenvalue weighted by atomic mass is 9.92. The molecule has 0 bridgehead atoms. The molecule has 0 amide bonds. The number of nitrogens with one attached hydrogen (secondary N) is 2. The van der Waals surface area contributed by atoms with Gasteiger partial charge in [-0.1, -0.05) is 29.4 Å². The van der Waals surface area contributed by atoms with Gasteiger partial charge < -0.3 is 5.32 Å². The van der Waals surface area contributed by atoms with Gasteiger partial charge in [-0.15, -0.1) is 0 Å². The normalized spacial score (nSPS) is 14.2. The summed E-state index contributed by atoms with van der Waals surface area (Å²) >= 11 is 0. The van der Waals surface area contributed by atoms with Gasteiger partial charge in [0.15, 0.2) is 0 Å². The summed E-state index contributed by atoms with van der Waals surface area (Å²) in [5.41, 5.74) is 0.521. The second-order valence-electron chi connectivity index (χ2n) is 6.82. The first kappa shape index (κ1) is 19.0. The Kier molecular flexibility index (Phi) is 4.18. The van der Waals surface area contributed by atoms with E-state index in [2.05, 4.69) is 31.0 Å². The number of nitro groups is 2. The van der Waals surface area contributed by atoms with Gasteiger partial charge in [-0.3, -0.25) is 25.0 Å². The van der Waals surface area contributed by atoms with Crippen LogP contribution in [0, 0.1) is 20.2 Å². The van der Waals surface area contributed by atoms with Crippen LogP contribution in [0.2, 0.25) is 0 Å². The Morgan fingerprint density at radius 1 is 1.00 bits per heavy atom. The van der Waals surface area contributed by atoms with Gasteiger partial charge in [0.1, 0.15) is 11.7 Å². The summed E-state index contributed by atoms with van der Waals surface area (Å²) in [5, 5.41) is 43.4. The Balaban J connectivity index is 1.81. The summed E-state index contributed by atoms with van der Waals surface area (Å²) in [6.45, 7) is 0. The van der Waals surface area contributed by atoms with E-state index in [9.17, 15) is 25.0 Å². The van der Waals surface area contributed by atoms with Crippen molar-refractivity contribution in [1.82, 2.24) is 30.4 Å². The fourth-order valence-electron chi connectivity index (χ4n) is 3.64. The molecule has 0 saturated carbocycles. The number of aromatic amines is 1. The molecule has 0 fully saturated rings. The van der Waals surface area contributed by atoms with Crippen LogP contribution in [0.25, 0.3) is 11.3 Å². The zero-order chi connectivity index (χ0) is 22.4. The second kappa shape index (κ2) is 7.05. The van der Waals surface area contributed by atoms with Gasteiger partial charge in [0.2, 0.25) is 5.95 Å². The minimum Gasteiger partial charge on any atom is -0.318 e. The van der Waals surface area contributed by atoms with Gasteiger partial charge in [-0.2, -0.15) is 9.78 Å². The average molecular weight is 433 g/mol. The highest BCUT2D eigenvalue weighted by atomic mass is 16.6. The quantitative estimate of drug-likeness (QED) is 0.313. The maximum atomic E-state index is 12.6. The molecule has 14 nitrogen and oxygen atoms in total. The third-order valence-corrected chi connectivity index (χ3v) is 5.00. The summed E-state index contributed by atoms with van der Waals surface area (Å²) in [6, 6.07) is 10.7. The molecule has 32 heavy (non-hydrogen) atoms. The molecule has 2 aromatic heterocycles. The average Bonchev–Trinajstić information content (AvgIpc) is 3.26. The molecular weight excluding hydrogens is 422 g/mol. The predicted octanol–water partition coefficient (Wildman–Crippen LogP) is 1.93. The van der Waals surface area contributed by atoms with E-state index in [0.717, 1.165) is 0 Å². The van der Waals surface area contributed by atoms with Crippen LogP contribution in [-0.4, -0.2) is 40.3 Å². The van der Waals surface area contributed by atoms with Gasteiger partial charge in [-0.25, -0.2) is 5.10 Å². The van der Waals surface area contributed by atoms with E-state index in [1.807, 2.05) is 0 Å². The van der Waals surface area contributed by atoms with Crippen molar-refractivity contribution in [2.45, 2.75) is 6.04 Å². The zero-order valence-corrected chi connectivity index (χ0v) is 15.9. The number of anilines is 2. The number of nitrogens with zero attached hydrogens (tertiary/aromatic N) is 7. The molecule has 0 aliphatic carbocycles. The largest absolute Gasteiger partial charge is 0.318 e. The Bertz CT molecular complexity index is 1460. The van der Waals surface area contributed by atoms with Crippen LogP contribution in [0.15, 0.2) is 53.3 Å². The van der Waals surface area contributed by atoms with Crippen molar-refractivity contribution in [1.29, 1.82) is 0 Å². The molecule has 158 valence electrons. The first-order chi connectivity index (χ1) is 15.4. The van der Waals surface area contributed by atoms with Crippen LogP contribution in [0.5, 0.6) is 0 Å². The number of rotatable bonds is 4. The molecule has 1 aliphatic heterocycles. The van der Waals surface area contributed by atoms with Crippen molar-refractivity contribution in [3.63, 3.8) is 0 Å². The van der Waals surface area contributed by atoms with Crippen LogP contribution in [0.1, 0.15) is 17.2 Å². The molecule has 14 heteroatoms. The summed E-state index contributed by atoms with van der Waals surface area (Å²) in [5.74, 6) is 0.149. The maximum absolute atomic E-state index is 12.6. The van der Waals surface area contributed by atoms with Crippen LogP contribution in [0.4, 0.5) is 23.0 Å². The van der Waals surface area contributed by atoms with Gasteiger partial charge in [0.05, 0.1) is 15.5 Å². The molecule has 1 aliphatic rings. The number of hydrogen-bond acceptors (Lipinski definition) is 10. The van der Waals surface area contributed by atoms with Gasteiger partial charge in [0, 0.05) is 35.4 Å². The molecule has 0 radical (unpaired) electrons. The Labute approximate surface area is 176 Å². The summed E-state index contributed by atoms with van der Waals surface area (Å²) in [7, 11) is 0. The fraction of sp³-hybridized carbons (Fsp3) is 0.0556. The van der Waals surface area contributed by atoms with E-state index >= 15 is 0 Å². The molecule has 5 rings (SSSR count). The van der Waals surface area contributed by atoms with E-state index in [4.69, 9.17) is 0 Å². The number of fused-ring (bicyclic) bond motifs is 2. The minimum absolute atomic E-state index is 0.0836. The maximum Gasteiger partial charge on any atom is 0.288 e. The van der Waals surface area contributed by atoms with Crippen LogP contribution in [-0.2, 0) is 0 Å². The van der Waals surface area contributed by atoms with Crippen molar-refractivity contribution in [3.05, 3.63) is 90.2 Å². The molecule has 3 heterocycles. The van der Waals surface area contributed by atoms with E-state index in [1.54, 1.807) is 12.1 Å². The fourth-order valence-corrected chi connectivity index (χ4v) is 3.64. The molecule has 0 spiro atoms. The van der Waals surface area contributed by atoms with Gasteiger partial charge in [0.25, 0.3) is 16.9 Å². The first-order valence-electron chi connectivity index (χ1n) is 9.10. The Hall–Kier alpha value is -5.01. The number of aromatic nitrogens is 6. The van der Waals surface area contributed by atoms with Crippen LogP contribution < -0.4 is 10.9 Å². The lowest BCUT2D eigenvalue weighted by Gasteiger charge is -2.27. The monoisotopic (exact) mass is 433 g/mol. The number of non-ortho nitro benzene ring substituents is 2. The molecule has 0 saturated heterocycles. The number of tetrazole rings is 1. The summed E-state index contributed by atoms with van der Waals surface area (Å²) in [6.07, 6.45) is 0. The molecule has 1 atom stereocenters. The first-order valence-corrected chi connectivity index (χ1v) is 9.10. The minimum atomic E-state index is -0.861.